The van der Waals surface area contributed by atoms with E-state index in [1.165, 1.54) is 0 Å². The van der Waals surface area contributed by atoms with Crippen molar-refractivity contribution in [2.24, 2.45) is 0 Å². The summed E-state index contributed by atoms with van der Waals surface area (Å²) in [7, 11) is 0. The van der Waals surface area contributed by atoms with E-state index in [1.54, 1.807) is 16.1 Å². The van der Waals surface area contributed by atoms with E-state index in [0.717, 1.165) is 25.0 Å². The van der Waals surface area contributed by atoms with Crippen LogP contribution in [0.25, 0.3) is 0 Å². The minimum atomic E-state index is -0.502. The lowest BCUT2D eigenvalue weighted by Gasteiger charge is -2.37. The van der Waals surface area contributed by atoms with Gasteiger partial charge in [0.15, 0.2) is 0 Å². The number of carbonyl (C=O) groups excluding carboxylic acids is 2. The molecule has 1 aromatic heterocycles. The van der Waals surface area contributed by atoms with Crippen molar-refractivity contribution in [2.75, 3.05) is 19.7 Å². The van der Waals surface area contributed by atoms with Crippen molar-refractivity contribution in [3.05, 3.63) is 59.5 Å². The number of carbonyl (C=O) groups is 2. The molecule has 0 radical (unpaired) electrons. The number of hydrogen-bond acceptors (Lipinski definition) is 4. The quantitative estimate of drug-likeness (QED) is 0.689. The molecule has 30 heavy (non-hydrogen) atoms. The predicted octanol–water partition coefficient (Wildman–Crippen LogP) is 4.04. The number of furan rings is 1. The first-order chi connectivity index (χ1) is 14.2. The normalized spacial score (nSPS) is 16.5. The third-order valence-electron chi connectivity index (χ3n) is 5.37. The number of amides is 2. The lowest BCUT2D eigenvalue weighted by Crippen LogP contribution is -2.51. The fraction of sp³-hybridized carbons (Fsp3) is 0.500. The molecule has 6 nitrogen and oxygen atoms in total. The van der Waals surface area contributed by atoms with E-state index in [-0.39, 0.29) is 24.5 Å². The number of aryl methyl sites for hydroxylation is 1. The van der Waals surface area contributed by atoms with Crippen molar-refractivity contribution in [1.82, 2.24) is 9.80 Å². The van der Waals surface area contributed by atoms with Crippen molar-refractivity contribution in [2.45, 2.75) is 58.7 Å². The molecule has 1 fully saturated rings. The third-order valence-corrected chi connectivity index (χ3v) is 5.37. The molecule has 0 N–H and O–H groups in total. The summed E-state index contributed by atoms with van der Waals surface area (Å²) in [6.45, 7) is 9.42. The van der Waals surface area contributed by atoms with Gasteiger partial charge in [-0.2, -0.15) is 0 Å². The van der Waals surface area contributed by atoms with Crippen LogP contribution in [0.4, 0.5) is 0 Å². The summed E-state index contributed by atoms with van der Waals surface area (Å²) in [6, 6.07) is 11.1. The maximum Gasteiger partial charge on any atom is 0.254 e. The Balaban J connectivity index is 1.78. The fourth-order valence-corrected chi connectivity index (χ4v) is 3.58. The van der Waals surface area contributed by atoms with Gasteiger partial charge in [0, 0.05) is 24.3 Å². The lowest BCUT2D eigenvalue weighted by molar-refractivity contribution is -0.135. The van der Waals surface area contributed by atoms with Crippen LogP contribution >= 0.6 is 0 Å². The van der Waals surface area contributed by atoms with Gasteiger partial charge in [0.05, 0.1) is 18.9 Å². The Kier molecular flexibility index (Phi) is 6.98. The molecule has 0 unspecified atom stereocenters. The summed E-state index contributed by atoms with van der Waals surface area (Å²) in [6.07, 6.45) is 3.58. The second-order valence-corrected chi connectivity index (χ2v) is 8.92. The molecule has 0 spiro atoms. The van der Waals surface area contributed by atoms with Crippen LogP contribution < -0.4 is 0 Å². The molecule has 0 aliphatic carbocycles. The minimum absolute atomic E-state index is 0.00361. The number of hydrogen-bond donors (Lipinski definition) is 0. The Hall–Kier alpha value is -2.60. The number of ether oxygens (including phenoxy) is 1. The van der Waals surface area contributed by atoms with Gasteiger partial charge in [-0.05, 0) is 64.8 Å². The van der Waals surface area contributed by atoms with Gasteiger partial charge in [0.1, 0.15) is 12.3 Å². The lowest BCUT2D eigenvalue weighted by atomic mass is 10.0. The zero-order valence-corrected chi connectivity index (χ0v) is 18.4. The van der Waals surface area contributed by atoms with E-state index in [9.17, 15) is 9.59 Å². The third kappa shape index (κ3) is 5.72. The highest BCUT2D eigenvalue weighted by atomic mass is 16.5. The van der Waals surface area contributed by atoms with Crippen molar-refractivity contribution in [3.63, 3.8) is 0 Å². The smallest absolute Gasteiger partial charge is 0.254 e. The Morgan fingerprint density at radius 1 is 1.13 bits per heavy atom. The van der Waals surface area contributed by atoms with Gasteiger partial charge in [-0.3, -0.25) is 9.59 Å². The molecule has 1 atom stereocenters. The van der Waals surface area contributed by atoms with Crippen molar-refractivity contribution in [3.8, 4) is 0 Å². The van der Waals surface area contributed by atoms with Gasteiger partial charge in [0.2, 0.25) is 5.91 Å². The van der Waals surface area contributed by atoms with E-state index in [0.29, 0.717) is 24.4 Å². The van der Waals surface area contributed by atoms with Crippen LogP contribution in [0.15, 0.2) is 47.1 Å². The highest BCUT2D eigenvalue weighted by molar-refractivity contribution is 5.97. The van der Waals surface area contributed by atoms with Gasteiger partial charge >= 0.3 is 0 Å². The number of nitrogens with zero attached hydrogens (tertiary/aromatic N) is 2. The van der Waals surface area contributed by atoms with Crippen LogP contribution in [0.5, 0.6) is 0 Å². The molecule has 0 bridgehead atoms. The van der Waals surface area contributed by atoms with Gasteiger partial charge in [-0.25, -0.2) is 0 Å². The van der Waals surface area contributed by atoms with Crippen LogP contribution in [0.2, 0.25) is 0 Å². The van der Waals surface area contributed by atoms with Gasteiger partial charge in [0.25, 0.3) is 5.91 Å². The van der Waals surface area contributed by atoms with E-state index in [4.69, 9.17) is 9.15 Å². The minimum Gasteiger partial charge on any atom is -0.467 e. The average molecular weight is 413 g/mol. The molecule has 2 amide bonds. The highest BCUT2D eigenvalue weighted by Crippen LogP contribution is 2.20. The first kappa shape index (κ1) is 22.1. The Labute approximate surface area is 178 Å². The molecule has 1 aliphatic rings. The highest BCUT2D eigenvalue weighted by Gasteiger charge is 2.32. The molecule has 1 aliphatic heterocycles. The van der Waals surface area contributed by atoms with E-state index < -0.39 is 5.54 Å². The molecule has 2 aromatic rings. The molecule has 1 aromatic carbocycles. The summed E-state index contributed by atoms with van der Waals surface area (Å²) < 4.78 is 11.2. The summed E-state index contributed by atoms with van der Waals surface area (Å²) >= 11 is 0. The molecule has 6 heteroatoms. The van der Waals surface area contributed by atoms with Crippen molar-refractivity contribution < 1.29 is 18.7 Å². The van der Waals surface area contributed by atoms with Crippen LogP contribution in [-0.4, -0.2) is 53.0 Å². The molecule has 1 saturated heterocycles. The second-order valence-electron chi connectivity index (χ2n) is 8.92. The fourth-order valence-electron chi connectivity index (χ4n) is 3.58. The Morgan fingerprint density at radius 2 is 1.87 bits per heavy atom. The predicted molar refractivity (Wildman–Crippen MR) is 115 cm³/mol. The van der Waals surface area contributed by atoms with E-state index in [2.05, 4.69) is 0 Å². The molecule has 3 rings (SSSR count). The molecule has 162 valence electrons. The van der Waals surface area contributed by atoms with Gasteiger partial charge in [-0.1, -0.05) is 17.7 Å². The van der Waals surface area contributed by atoms with E-state index >= 15 is 0 Å². The monoisotopic (exact) mass is 412 g/mol. The Bertz CT molecular complexity index is 831. The van der Waals surface area contributed by atoms with E-state index in [1.807, 2.05) is 64.1 Å². The van der Waals surface area contributed by atoms with Crippen LogP contribution in [0.1, 0.15) is 55.3 Å². The van der Waals surface area contributed by atoms with Crippen molar-refractivity contribution >= 4 is 11.8 Å². The molecular formula is C24H32N2O4. The molecule has 2 heterocycles. The van der Waals surface area contributed by atoms with Crippen LogP contribution in [-0.2, 0) is 16.1 Å². The molecular weight excluding hydrogens is 380 g/mol. The first-order valence-electron chi connectivity index (χ1n) is 10.5. The summed E-state index contributed by atoms with van der Waals surface area (Å²) in [4.78, 5) is 30.0. The number of rotatable bonds is 7. The first-order valence-corrected chi connectivity index (χ1v) is 10.5. The maximum atomic E-state index is 13.3. The summed E-state index contributed by atoms with van der Waals surface area (Å²) in [5.74, 6) is 0.455. The summed E-state index contributed by atoms with van der Waals surface area (Å²) in [5, 5.41) is 0. The topological polar surface area (TPSA) is 63.0 Å². The largest absolute Gasteiger partial charge is 0.467 e. The van der Waals surface area contributed by atoms with Gasteiger partial charge in [-0.15, -0.1) is 0 Å². The standard InChI is InChI=1S/C24H32N2O4/c1-18-9-11-19(12-10-18)23(28)26(24(2,3)4)17-22(27)25(15-20-7-5-13-29-20)16-21-8-6-14-30-21/h5,7,9-13,21H,6,8,14-17H2,1-4H3/t21-/m0/s1. The zero-order valence-electron chi connectivity index (χ0n) is 18.4. The second kappa shape index (κ2) is 9.47. The SMILES string of the molecule is Cc1ccc(C(=O)N(CC(=O)N(Cc2ccco2)C[C@@H]2CCCO2)C(C)(C)C)cc1. The zero-order chi connectivity index (χ0) is 21.7. The summed E-state index contributed by atoms with van der Waals surface area (Å²) in [5.41, 5.74) is 1.17. The molecule has 0 saturated carbocycles. The average Bonchev–Trinajstić information content (AvgIpc) is 3.39. The Morgan fingerprint density at radius 3 is 2.43 bits per heavy atom. The number of benzene rings is 1. The van der Waals surface area contributed by atoms with Gasteiger partial charge < -0.3 is 19.0 Å². The maximum absolute atomic E-state index is 13.3. The van der Waals surface area contributed by atoms with Crippen LogP contribution in [0, 0.1) is 6.92 Å². The van der Waals surface area contributed by atoms with Crippen molar-refractivity contribution in [1.29, 1.82) is 0 Å². The van der Waals surface area contributed by atoms with Crippen LogP contribution in [0.3, 0.4) is 0 Å².